The van der Waals surface area contributed by atoms with E-state index in [4.69, 9.17) is 0 Å². The van der Waals surface area contributed by atoms with Gasteiger partial charge in [-0.2, -0.15) is 5.10 Å². The van der Waals surface area contributed by atoms with E-state index in [1.165, 1.54) is 11.3 Å². The minimum absolute atomic E-state index is 0.603. The molecular weight excluding hydrogens is 250 g/mol. The zero-order chi connectivity index (χ0) is 14.9. The Morgan fingerprint density at radius 2 is 1.95 bits per heavy atom. The molecule has 1 N–H and O–H groups in total. The van der Waals surface area contributed by atoms with Gasteiger partial charge < -0.3 is 9.88 Å². The van der Waals surface area contributed by atoms with Crippen LogP contribution in [0.25, 0.3) is 0 Å². The maximum atomic E-state index is 4.57. The molecule has 0 aliphatic carbocycles. The first-order chi connectivity index (χ1) is 9.38. The van der Waals surface area contributed by atoms with Crippen LogP contribution in [0.1, 0.15) is 36.5 Å². The van der Waals surface area contributed by atoms with Crippen molar-refractivity contribution in [2.24, 2.45) is 13.0 Å². The zero-order valence-electron chi connectivity index (χ0n) is 13.4. The van der Waals surface area contributed by atoms with Crippen LogP contribution in [0.3, 0.4) is 0 Å². The van der Waals surface area contributed by atoms with E-state index in [0.29, 0.717) is 5.92 Å². The fraction of sp³-hybridized carbons (Fsp3) is 0.600. The van der Waals surface area contributed by atoms with Gasteiger partial charge in [-0.25, -0.2) is 4.98 Å². The summed E-state index contributed by atoms with van der Waals surface area (Å²) in [5.74, 6) is 1.55. The minimum atomic E-state index is 0.603. The SMILES string of the molecule is Cc1cn(CC(C)C)c(NCc2c(C)nn(C)c2C)n1. The van der Waals surface area contributed by atoms with Crippen molar-refractivity contribution in [3.8, 4) is 0 Å². The zero-order valence-corrected chi connectivity index (χ0v) is 13.4. The van der Waals surface area contributed by atoms with Crippen molar-refractivity contribution in [3.63, 3.8) is 0 Å². The van der Waals surface area contributed by atoms with Gasteiger partial charge in [-0.15, -0.1) is 0 Å². The van der Waals surface area contributed by atoms with Gasteiger partial charge in [0.2, 0.25) is 5.95 Å². The highest BCUT2D eigenvalue weighted by Crippen LogP contribution is 2.16. The lowest BCUT2D eigenvalue weighted by molar-refractivity contribution is 0.526. The second kappa shape index (κ2) is 5.69. The molecular formula is C15H25N5. The molecule has 20 heavy (non-hydrogen) atoms. The third-order valence-corrected chi connectivity index (χ3v) is 3.54. The van der Waals surface area contributed by atoms with E-state index in [1.54, 1.807) is 0 Å². The van der Waals surface area contributed by atoms with Crippen LogP contribution in [0.5, 0.6) is 0 Å². The predicted molar refractivity (Wildman–Crippen MR) is 81.8 cm³/mol. The van der Waals surface area contributed by atoms with Crippen LogP contribution in [-0.2, 0) is 20.1 Å². The second-order valence-electron chi connectivity index (χ2n) is 5.88. The lowest BCUT2D eigenvalue weighted by Crippen LogP contribution is -2.11. The van der Waals surface area contributed by atoms with Gasteiger partial charge in [-0.05, 0) is 26.7 Å². The standard InChI is InChI=1S/C15H25N5/c1-10(2)8-20-9-11(3)17-15(20)16-7-14-12(4)18-19(6)13(14)5/h9-10H,7-8H2,1-6H3,(H,16,17). The summed E-state index contributed by atoms with van der Waals surface area (Å²) in [6.07, 6.45) is 2.10. The summed E-state index contributed by atoms with van der Waals surface area (Å²) in [7, 11) is 1.98. The van der Waals surface area contributed by atoms with Crippen LogP contribution in [0, 0.1) is 26.7 Å². The van der Waals surface area contributed by atoms with Crippen molar-refractivity contribution < 1.29 is 0 Å². The average Bonchev–Trinajstić information content (AvgIpc) is 2.78. The predicted octanol–water partition coefficient (Wildman–Crippen LogP) is 2.81. The number of rotatable bonds is 5. The molecule has 2 aromatic rings. The maximum absolute atomic E-state index is 4.57. The fourth-order valence-electron chi connectivity index (χ4n) is 2.46. The lowest BCUT2D eigenvalue weighted by atomic mass is 10.2. The summed E-state index contributed by atoms with van der Waals surface area (Å²) in [6.45, 7) is 12.4. The number of hydrogen-bond donors (Lipinski definition) is 1. The van der Waals surface area contributed by atoms with E-state index >= 15 is 0 Å². The second-order valence-corrected chi connectivity index (χ2v) is 5.88. The van der Waals surface area contributed by atoms with E-state index in [1.807, 2.05) is 18.7 Å². The number of aromatic nitrogens is 4. The summed E-state index contributed by atoms with van der Waals surface area (Å²) >= 11 is 0. The first-order valence-corrected chi connectivity index (χ1v) is 7.15. The van der Waals surface area contributed by atoms with Crippen molar-refractivity contribution >= 4 is 5.95 Å². The Kier molecular flexibility index (Phi) is 4.16. The van der Waals surface area contributed by atoms with E-state index in [0.717, 1.165) is 30.4 Å². The summed E-state index contributed by atoms with van der Waals surface area (Å²) in [6, 6.07) is 0. The third kappa shape index (κ3) is 3.03. The molecule has 0 amide bonds. The van der Waals surface area contributed by atoms with Crippen LogP contribution in [0.15, 0.2) is 6.20 Å². The molecule has 0 aliphatic heterocycles. The Labute approximate surface area is 121 Å². The van der Waals surface area contributed by atoms with Gasteiger partial charge >= 0.3 is 0 Å². The summed E-state index contributed by atoms with van der Waals surface area (Å²) in [5, 5.41) is 7.90. The third-order valence-electron chi connectivity index (χ3n) is 3.54. The van der Waals surface area contributed by atoms with Crippen LogP contribution >= 0.6 is 0 Å². The normalized spacial score (nSPS) is 11.3. The number of aryl methyl sites for hydroxylation is 3. The van der Waals surface area contributed by atoms with Crippen molar-refractivity contribution in [2.45, 2.75) is 47.7 Å². The Morgan fingerprint density at radius 3 is 2.50 bits per heavy atom. The van der Waals surface area contributed by atoms with Crippen LogP contribution in [-0.4, -0.2) is 19.3 Å². The molecule has 0 unspecified atom stereocenters. The highest BCUT2D eigenvalue weighted by atomic mass is 15.3. The Morgan fingerprint density at radius 1 is 1.25 bits per heavy atom. The van der Waals surface area contributed by atoms with Crippen LogP contribution < -0.4 is 5.32 Å². The molecule has 0 spiro atoms. The van der Waals surface area contributed by atoms with E-state index < -0.39 is 0 Å². The maximum Gasteiger partial charge on any atom is 0.203 e. The molecule has 0 saturated heterocycles. The summed E-state index contributed by atoms with van der Waals surface area (Å²) in [4.78, 5) is 4.57. The Balaban J connectivity index is 2.14. The van der Waals surface area contributed by atoms with Gasteiger partial charge in [0.25, 0.3) is 0 Å². The number of imidazole rings is 1. The molecule has 0 fully saturated rings. The lowest BCUT2D eigenvalue weighted by Gasteiger charge is -2.12. The fourth-order valence-corrected chi connectivity index (χ4v) is 2.46. The van der Waals surface area contributed by atoms with E-state index in [-0.39, 0.29) is 0 Å². The molecule has 0 aliphatic rings. The van der Waals surface area contributed by atoms with Gasteiger partial charge in [-0.3, -0.25) is 4.68 Å². The van der Waals surface area contributed by atoms with E-state index in [2.05, 4.69) is 53.9 Å². The topological polar surface area (TPSA) is 47.7 Å². The first kappa shape index (κ1) is 14.6. The van der Waals surface area contributed by atoms with Crippen molar-refractivity contribution in [1.29, 1.82) is 0 Å². The molecule has 0 radical (unpaired) electrons. The van der Waals surface area contributed by atoms with Gasteiger partial charge in [0.1, 0.15) is 0 Å². The number of hydrogen-bond acceptors (Lipinski definition) is 3. The Bertz CT molecular complexity index is 592. The van der Waals surface area contributed by atoms with Gasteiger partial charge in [-0.1, -0.05) is 13.8 Å². The molecule has 2 aromatic heterocycles. The first-order valence-electron chi connectivity index (χ1n) is 7.15. The quantitative estimate of drug-likeness (QED) is 0.912. The number of nitrogens with one attached hydrogen (secondary N) is 1. The summed E-state index contributed by atoms with van der Waals surface area (Å²) in [5.41, 5.74) is 4.59. The van der Waals surface area contributed by atoms with Crippen LogP contribution in [0.4, 0.5) is 5.95 Å². The number of anilines is 1. The smallest absolute Gasteiger partial charge is 0.203 e. The van der Waals surface area contributed by atoms with Crippen LogP contribution in [0.2, 0.25) is 0 Å². The molecule has 2 rings (SSSR count). The monoisotopic (exact) mass is 275 g/mol. The summed E-state index contributed by atoms with van der Waals surface area (Å²) < 4.78 is 4.12. The van der Waals surface area contributed by atoms with Crippen molar-refractivity contribution in [3.05, 3.63) is 28.8 Å². The molecule has 5 heteroatoms. The largest absolute Gasteiger partial charge is 0.351 e. The van der Waals surface area contributed by atoms with Gasteiger partial charge in [0.05, 0.1) is 11.4 Å². The molecule has 0 aromatic carbocycles. The highest BCUT2D eigenvalue weighted by molar-refractivity contribution is 5.33. The Hall–Kier alpha value is -1.78. The van der Waals surface area contributed by atoms with Crippen molar-refractivity contribution in [2.75, 3.05) is 5.32 Å². The molecule has 0 saturated carbocycles. The molecule has 5 nitrogen and oxygen atoms in total. The highest BCUT2D eigenvalue weighted by Gasteiger charge is 2.11. The average molecular weight is 275 g/mol. The molecule has 110 valence electrons. The van der Waals surface area contributed by atoms with Gasteiger partial charge in [0, 0.05) is 37.6 Å². The van der Waals surface area contributed by atoms with E-state index in [9.17, 15) is 0 Å². The molecule has 0 bridgehead atoms. The number of nitrogens with zero attached hydrogens (tertiary/aromatic N) is 4. The van der Waals surface area contributed by atoms with Gasteiger partial charge in [0.15, 0.2) is 0 Å². The van der Waals surface area contributed by atoms with Crippen molar-refractivity contribution in [1.82, 2.24) is 19.3 Å². The molecule has 2 heterocycles. The minimum Gasteiger partial charge on any atom is -0.351 e. The molecule has 0 atom stereocenters.